The maximum atomic E-state index is 12.9. The van der Waals surface area contributed by atoms with Crippen LogP contribution in [0.25, 0.3) is 0 Å². The van der Waals surface area contributed by atoms with Crippen molar-refractivity contribution < 1.29 is 18.0 Å². The van der Waals surface area contributed by atoms with Crippen LogP contribution in [0, 0.1) is 13.8 Å². The molecule has 9 heteroatoms. The van der Waals surface area contributed by atoms with Gasteiger partial charge in [0.15, 0.2) is 5.16 Å². The highest BCUT2D eigenvalue weighted by Crippen LogP contribution is 2.31. The molecule has 1 N–H and O–H groups in total. The molecule has 1 amide bonds. The van der Waals surface area contributed by atoms with Crippen LogP contribution in [0.5, 0.6) is 0 Å². The largest absolute Gasteiger partial charge is 0.417 e. The quantitative estimate of drug-likeness (QED) is 0.370. The molecule has 1 atom stereocenters. The van der Waals surface area contributed by atoms with Crippen molar-refractivity contribution in [1.82, 2.24) is 15.4 Å². The van der Waals surface area contributed by atoms with E-state index in [2.05, 4.69) is 20.5 Å². The van der Waals surface area contributed by atoms with E-state index in [1.54, 1.807) is 6.92 Å². The number of alkyl halides is 3. The van der Waals surface area contributed by atoms with Crippen molar-refractivity contribution in [2.45, 2.75) is 37.4 Å². The van der Waals surface area contributed by atoms with Gasteiger partial charge in [0.1, 0.15) is 0 Å². The van der Waals surface area contributed by atoms with Gasteiger partial charge in [-0.25, -0.2) is 15.4 Å². The first-order valence-corrected chi connectivity index (χ1v) is 8.53. The van der Waals surface area contributed by atoms with Crippen LogP contribution in [-0.2, 0) is 11.0 Å². The number of nitrogens with one attached hydrogen (secondary N) is 1. The number of thioether (sulfide) groups is 1. The van der Waals surface area contributed by atoms with Crippen molar-refractivity contribution in [1.29, 1.82) is 0 Å². The zero-order valence-electron chi connectivity index (χ0n) is 14.3. The number of benzene rings is 1. The molecule has 0 saturated heterocycles. The summed E-state index contributed by atoms with van der Waals surface area (Å²) in [5.74, 6) is -0.460. The number of carbonyl (C=O) groups is 1. The molecule has 5 nitrogen and oxygen atoms in total. The molecule has 0 fully saturated rings. The average Bonchev–Trinajstić information content (AvgIpc) is 2.53. The third-order valence-electron chi connectivity index (χ3n) is 3.26. The van der Waals surface area contributed by atoms with Crippen molar-refractivity contribution in [3.8, 4) is 0 Å². The molecule has 26 heavy (non-hydrogen) atoms. The van der Waals surface area contributed by atoms with Crippen LogP contribution >= 0.6 is 11.8 Å². The third kappa shape index (κ3) is 5.55. The summed E-state index contributed by atoms with van der Waals surface area (Å²) in [5, 5.41) is 3.53. The first kappa shape index (κ1) is 19.9. The van der Waals surface area contributed by atoms with Gasteiger partial charge in [0, 0.05) is 17.0 Å². The fourth-order valence-corrected chi connectivity index (χ4v) is 2.95. The Hall–Kier alpha value is -2.42. The van der Waals surface area contributed by atoms with Crippen molar-refractivity contribution >= 4 is 23.9 Å². The van der Waals surface area contributed by atoms with Crippen LogP contribution in [0.1, 0.15) is 29.4 Å². The number of halogens is 3. The van der Waals surface area contributed by atoms with Gasteiger partial charge in [-0.15, -0.1) is 0 Å². The predicted molar refractivity (Wildman–Crippen MR) is 94.0 cm³/mol. The Labute approximate surface area is 153 Å². The van der Waals surface area contributed by atoms with Crippen molar-refractivity contribution in [3.05, 3.63) is 52.8 Å². The summed E-state index contributed by atoms with van der Waals surface area (Å²) in [4.78, 5) is 20.5. The number of nitrogens with zero attached hydrogens (tertiary/aromatic N) is 3. The minimum atomic E-state index is -4.49. The predicted octanol–water partition coefficient (Wildman–Crippen LogP) is 3.74. The lowest BCUT2D eigenvalue weighted by Crippen LogP contribution is -2.27. The second-order valence-corrected chi connectivity index (χ2v) is 6.82. The van der Waals surface area contributed by atoms with Crippen molar-refractivity contribution in [2.24, 2.45) is 5.10 Å². The molecule has 138 valence electrons. The summed E-state index contributed by atoms with van der Waals surface area (Å²) >= 11 is 1.15. The average molecular weight is 382 g/mol. The second-order valence-electron chi connectivity index (χ2n) is 5.51. The normalized spacial score (nSPS) is 13.0. The smallest absolute Gasteiger partial charge is 0.272 e. The summed E-state index contributed by atoms with van der Waals surface area (Å²) in [6.07, 6.45) is -3.51. The molecule has 0 radical (unpaired) electrons. The van der Waals surface area contributed by atoms with Crippen LogP contribution in [-0.4, -0.2) is 27.3 Å². The van der Waals surface area contributed by atoms with Gasteiger partial charge in [-0.1, -0.05) is 30.0 Å². The fraction of sp³-hybridized carbons (Fsp3) is 0.294. The van der Waals surface area contributed by atoms with Gasteiger partial charge in [0.05, 0.1) is 17.0 Å². The molecule has 0 spiro atoms. The van der Waals surface area contributed by atoms with Crippen LogP contribution in [0.2, 0.25) is 0 Å². The zero-order chi connectivity index (χ0) is 19.3. The van der Waals surface area contributed by atoms with Crippen molar-refractivity contribution in [3.63, 3.8) is 0 Å². The van der Waals surface area contributed by atoms with Crippen LogP contribution < -0.4 is 5.43 Å². The maximum absolute atomic E-state index is 12.9. The SMILES string of the molecule is Cc1cc(C)nc(SC(C)C(=O)N/N=C/c2ccccc2C(F)(F)F)n1. The van der Waals surface area contributed by atoms with E-state index in [1.807, 2.05) is 19.9 Å². The second kappa shape index (κ2) is 8.31. The first-order valence-electron chi connectivity index (χ1n) is 7.65. The Morgan fingerprint density at radius 1 is 1.23 bits per heavy atom. The van der Waals surface area contributed by atoms with Gasteiger partial charge >= 0.3 is 6.18 Å². The van der Waals surface area contributed by atoms with Gasteiger partial charge in [0.2, 0.25) is 0 Å². The number of hydrazone groups is 1. The van der Waals surface area contributed by atoms with Gasteiger partial charge < -0.3 is 0 Å². The zero-order valence-corrected chi connectivity index (χ0v) is 15.1. The molecule has 0 bridgehead atoms. The molecule has 1 unspecified atom stereocenters. The summed E-state index contributed by atoms with van der Waals surface area (Å²) in [7, 11) is 0. The van der Waals surface area contributed by atoms with E-state index in [9.17, 15) is 18.0 Å². The number of aromatic nitrogens is 2. The summed E-state index contributed by atoms with van der Waals surface area (Å²) < 4.78 is 38.7. The van der Waals surface area contributed by atoms with E-state index in [0.717, 1.165) is 35.4 Å². The highest BCUT2D eigenvalue weighted by Gasteiger charge is 2.32. The molecule has 0 aliphatic carbocycles. The molecule has 0 saturated carbocycles. The molecule has 1 aromatic heterocycles. The van der Waals surface area contributed by atoms with Gasteiger partial charge in [-0.2, -0.15) is 18.3 Å². The van der Waals surface area contributed by atoms with E-state index < -0.39 is 22.9 Å². The Balaban J connectivity index is 2.01. The third-order valence-corrected chi connectivity index (χ3v) is 4.22. The van der Waals surface area contributed by atoms with Gasteiger partial charge in [0.25, 0.3) is 5.91 Å². The van der Waals surface area contributed by atoms with E-state index in [1.165, 1.54) is 18.2 Å². The number of hydrogen-bond donors (Lipinski definition) is 1. The summed E-state index contributed by atoms with van der Waals surface area (Å²) in [6.45, 7) is 5.29. The van der Waals surface area contributed by atoms with Crippen LogP contribution in [0.4, 0.5) is 13.2 Å². The Morgan fingerprint density at radius 2 is 1.85 bits per heavy atom. The molecular weight excluding hydrogens is 365 g/mol. The molecular formula is C17H17F3N4OS. The van der Waals surface area contributed by atoms with E-state index in [-0.39, 0.29) is 5.56 Å². The van der Waals surface area contributed by atoms with E-state index >= 15 is 0 Å². The number of aryl methyl sites for hydroxylation is 2. The number of rotatable bonds is 5. The molecule has 1 aromatic carbocycles. The van der Waals surface area contributed by atoms with Crippen LogP contribution in [0.15, 0.2) is 40.6 Å². The lowest BCUT2D eigenvalue weighted by atomic mass is 10.1. The Bertz CT molecular complexity index is 804. The Kier molecular flexibility index (Phi) is 6.36. The lowest BCUT2D eigenvalue weighted by molar-refractivity contribution is -0.137. The highest BCUT2D eigenvalue weighted by molar-refractivity contribution is 8.00. The number of carbonyl (C=O) groups excluding carboxylic acids is 1. The first-order chi connectivity index (χ1) is 12.2. The minimum absolute atomic E-state index is 0.127. The number of amides is 1. The molecule has 1 heterocycles. The highest BCUT2D eigenvalue weighted by atomic mass is 32.2. The molecule has 2 aromatic rings. The van der Waals surface area contributed by atoms with Gasteiger partial charge in [-0.3, -0.25) is 4.79 Å². The number of hydrogen-bond acceptors (Lipinski definition) is 5. The molecule has 2 rings (SSSR count). The van der Waals surface area contributed by atoms with E-state index in [0.29, 0.717) is 5.16 Å². The lowest BCUT2D eigenvalue weighted by Gasteiger charge is -2.10. The van der Waals surface area contributed by atoms with E-state index in [4.69, 9.17) is 0 Å². The maximum Gasteiger partial charge on any atom is 0.417 e. The van der Waals surface area contributed by atoms with Gasteiger partial charge in [-0.05, 0) is 32.9 Å². The minimum Gasteiger partial charge on any atom is -0.272 e. The van der Waals surface area contributed by atoms with Crippen molar-refractivity contribution in [2.75, 3.05) is 0 Å². The fourth-order valence-electron chi connectivity index (χ4n) is 2.08. The topological polar surface area (TPSA) is 67.2 Å². The molecule has 0 aliphatic heterocycles. The summed E-state index contributed by atoms with van der Waals surface area (Å²) in [6, 6.07) is 6.81. The Morgan fingerprint density at radius 3 is 2.46 bits per heavy atom. The molecule has 0 aliphatic rings. The monoisotopic (exact) mass is 382 g/mol. The standard InChI is InChI=1S/C17H17F3N4OS/c1-10-8-11(2)23-16(22-10)26-12(3)15(25)24-21-9-13-6-4-5-7-14(13)17(18,19)20/h4-9,12H,1-3H3,(H,24,25)/b21-9+. The van der Waals surface area contributed by atoms with Crippen LogP contribution in [0.3, 0.4) is 0 Å². The summed E-state index contributed by atoms with van der Waals surface area (Å²) in [5.41, 5.74) is 2.88.